The normalized spacial score (nSPS) is 12.7. The smallest absolute Gasteiger partial charge is 0.462 e. The molecule has 2 unspecified atom stereocenters. The zero-order valence-corrected chi connectivity index (χ0v) is 48.7. The van der Waals surface area contributed by atoms with Crippen LogP contribution in [0.15, 0.2) is 48.6 Å². The molecule has 0 bridgehead atoms. The summed E-state index contributed by atoms with van der Waals surface area (Å²) in [5.41, 5.74) is 0. The first kappa shape index (κ1) is 70.6. The maximum absolute atomic E-state index is 13.4. The Morgan fingerprint density at radius 3 is 1.18 bits per heavy atom. The Morgan fingerprint density at radius 1 is 0.365 bits per heavy atom. The van der Waals surface area contributed by atoms with Crippen LogP contribution in [-0.2, 0) is 38.1 Å². The number of ether oxygens (including phenoxy) is 5. The highest BCUT2D eigenvalue weighted by Gasteiger charge is 2.22. The van der Waals surface area contributed by atoms with Gasteiger partial charge in [-0.25, -0.2) is 4.79 Å². The molecule has 74 heavy (non-hydrogen) atoms. The van der Waals surface area contributed by atoms with Crippen LogP contribution in [0.5, 0.6) is 0 Å². The molecule has 0 saturated heterocycles. The molecule has 0 N–H and O–H groups in total. The van der Waals surface area contributed by atoms with E-state index < -0.39 is 24.3 Å². The van der Waals surface area contributed by atoms with Crippen molar-refractivity contribution >= 4 is 24.1 Å². The molecule has 0 saturated carbocycles. The summed E-state index contributed by atoms with van der Waals surface area (Å²) in [7, 11) is 3.94. The van der Waals surface area contributed by atoms with Crippen LogP contribution in [-0.4, -0.2) is 81.6 Å². The number of unbranched alkanes of at least 4 members (excludes halogenated alkanes) is 28. The molecule has 10 heteroatoms. The van der Waals surface area contributed by atoms with Crippen LogP contribution in [0.25, 0.3) is 0 Å². The van der Waals surface area contributed by atoms with Crippen LogP contribution in [0, 0.1) is 0 Å². The first-order chi connectivity index (χ1) is 36.2. The van der Waals surface area contributed by atoms with Gasteiger partial charge in [-0.1, -0.05) is 211 Å². The zero-order chi connectivity index (χ0) is 54.1. The van der Waals surface area contributed by atoms with Gasteiger partial charge in [0.25, 0.3) is 0 Å². The van der Waals surface area contributed by atoms with Crippen LogP contribution < -0.4 is 0 Å². The highest BCUT2D eigenvalue weighted by atomic mass is 16.7. The molecule has 0 aliphatic heterocycles. The van der Waals surface area contributed by atoms with Gasteiger partial charge in [0.15, 0.2) is 6.10 Å². The molecule has 0 spiro atoms. The van der Waals surface area contributed by atoms with E-state index in [1.807, 2.05) is 19.0 Å². The van der Waals surface area contributed by atoms with Gasteiger partial charge in [0.1, 0.15) is 19.3 Å². The third-order valence-electron chi connectivity index (χ3n) is 13.4. The summed E-state index contributed by atoms with van der Waals surface area (Å²) >= 11 is 0. The quantitative estimate of drug-likeness (QED) is 0.0252. The van der Waals surface area contributed by atoms with E-state index in [4.69, 9.17) is 23.7 Å². The molecular formula is C64H115NO9. The number of allylic oxidation sites excluding steroid dienone is 8. The lowest BCUT2D eigenvalue weighted by atomic mass is 10.0. The number of hydrogen-bond donors (Lipinski definition) is 0. The molecule has 430 valence electrons. The van der Waals surface area contributed by atoms with Crippen molar-refractivity contribution < 1.29 is 42.9 Å². The van der Waals surface area contributed by atoms with E-state index in [1.54, 1.807) is 0 Å². The van der Waals surface area contributed by atoms with E-state index in [2.05, 4.69) is 69.4 Å². The minimum absolute atomic E-state index is 0.00594. The summed E-state index contributed by atoms with van der Waals surface area (Å²) in [4.78, 5) is 53.8. The van der Waals surface area contributed by atoms with Gasteiger partial charge in [-0.15, -0.1) is 0 Å². The van der Waals surface area contributed by atoms with Crippen molar-refractivity contribution in [3.8, 4) is 0 Å². The molecule has 2 atom stereocenters. The van der Waals surface area contributed by atoms with Crippen LogP contribution in [0.3, 0.4) is 0 Å². The Kier molecular flexibility index (Phi) is 54.7. The Hall–Kier alpha value is -3.40. The standard InChI is InChI=1S/C64H115NO9/c1-6-9-12-15-18-21-24-27-29-31-33-36-39-42-45-48-52-62(67)72-58-60(57-71-61(66)51-47-44-41-38-35-32-30-28-25-22-19-16-13-10-7-2)73-63(68)54-53-59(74-64(69)70-56-49-55-65(4)5)50-46-43-40-37-34-26-23-20-17-14-11-8-3/h18-19,21-22,27-30,59-60H,6-17,20,23-26,31-58H2,1-5H3/b21-18-,22-19-,29-27-,30-28-. The van der Waals surface area contributed by atoms with Crippen LogP contribution in [0.4, 0.5) is 4.79 Å². The Morgan fingerprint density at radius 2 is 0.743 bits per heavy atom. The third-order valence-corrected chi connectivity index (χ3v) is 13.4. The largest absolute Gasteiger partial charge is 0.508 e. The molecule has 0 fully saturated rings. The lowest BCUT2D eigenvalue weighted by Gasteiger charge is -2.20. The molecule has 0 aromatic carbocycles. The summed E-state index contributed by atoms with van der Waals surface area (Å²) in [6, 6.07) is 0. The number of carbonyl (C=O) groups excluding carboxylic acids is 4. The molecule has 0 radical (unpaired) electrons. The van der Waals surface area contributed by atoms with Gasteiger partial charge in [0.2, 0.25) is 0 Å². The second kappa shape index (κ2) is 57.3. The monoisotopic (exact) mass is 1040 g/mol. The molecule has 0 heterocycles. The maximum atomic E-state index is 13.4. The van der Waals surface area contributed by atoms with Crippen molar-refractivity contribution in [1.29, 1.82) is 0 Å². The molecule has 10 nitrogen and oxygen atoms in total. The first-order valence-corrected chi connectivity index (χ1v) is 30.8. The van der Waals surface area contributed by atoms with Crippen molar-refractivity contribution in [2.45, 2.75) is 296 Å². The van der Waals surface area contributed by atoms with Crippen LogP contribution in [0.2, 0.25) is 0 Å². The maximum Gasteiger partial charge on any atom is 0.508 e. The Bertz CT molecular complexity index is 1390. The molecule has 0 rings (SSSR count). The van der Waals surface area contributed by atoms with E-state index in [0.717, 1.165) is 109 Å². The van der Waals surface area contributed by atoms with E-state index in [0.29, 0.717) is 12.8 Å². The topological polar surface area (TPSA) is 118 Å². The number of carbonyl (C=O) groups is 4. The van der Waals surface area contributed by atoms with Gasteiger partial charge in [0.05, 0.1) is 6.61 Å². The number of nitrogens with zero attached hydrogens (tertiary/aromatic N) is 1. The van der Waals surface area contributed by atoms with Gasteiger partial charge >= 0.3 is 24.1 Å². The summed E-state index contributed by atoms with van der Waals surface area (Å²) in [5.74, 6) is -1.24. The highest BCUT2D eigenvalue weighted by Crippen LogP contribution is 2.18. The summed E-state index contributed by atoms with van der Waals surface area (Å²) in [6.45, 7) is 7.38. The molecule has 0 aromatic heterocycles. The van der Waals surface area contributed by atoms with Crippen LogP contribution in [0.1, 0.15) is 284 Å². The van der Waals surface area contributed by atoms with Crippen molar-refractivity contribution in [2.75, 3.05) is 40.5 Å². The second-order valence-electron chi connectivity index (χ2n) is 21.0. The van der Waals surface area contributed by atoms with Gasteiger partial charge in [0, 0.05) is 25.8 Å². The molecule has 0 amide bonds. The van der Waals surface area contributed by atoms with E-state index in [1.165, 1.54) is 122 Å². The number of hydrogen-bond acceptors (Lipinski definition) is 10. The molecule has 0 aliphatic carbocycles. The van der Waals surface area contributed by atoms with Crippen LogP contribution >= 0.6 is 0 Å². The van der Waals surface area contributed by atoms with E-state index >= 15 is 0 Å². The Labute approximate surface area is 455 Å². The summed E-state index contributed by atoms with van der Waals surface area (Å²) in [5, 5.41) is 0. The number of esters is 3. The summed E-state index contributed by atoms with van der Waals surface area (Å²) < 4.78 is 28.1. The SMILES string of the molecule is CCCCC/C=C\C/C=C\CCCCCCCCC(=O)OCC(COC(=O)CCCCCCC/C=C\C/C=C\CCCCC)OC(=O)CCC(CCCCCCCCCCCCCC)OC(=O)OCCCN(C)C. The zero-order valence-electron chi connectivity index (χ0n) is 48.7. The first-order valence-electron chi connectivity index (χ1n) is 30.8. The van der Waals surface area contributed by atoms with Gasteiger partial charge in [-0.2, -0.15) is 0 Å². The minimum Gasteiger partial charge on any atom is -0.462 e. The van der Waals surface area contributed by atoms with Gasteiger partial charge in [-0.05, 0) is 117 Å². The molecular weight excluding hydrogens is 927 g/mol. The van der Waals surface area contributed by atoms with E-state index in [-0.39, 0.29) is 57.4 Å². The van der Waals surface area contributed by atoms with Crippen molar-refractivity contribution in [2.24, 2.45) is 0 Å². The number of rotatable bonds is 55. The second-order valence-corrected chi connectivity index (χ2v) is 21.0. The minimum atomic E-state index is -0.937. The average Bonchev–Trinajstić information content (AvgIpc) is 3.38. The Balaban J connectivity index is 5.07. The van der Waals surface area contributed by atoms with Crippen molar-refractivity contribution in [3.63, 3.8) is 0 Å². The van der Waals surface area contributed by atoms with Gasteiger partial charge in [-0.3, -0.25) is 14.4 Å². The predicted octanol–water partition coefficient (Wildman–Crippen LogP) is 18.3. The highest BCUT2D eigenvalue weighted by molar-refractivity contribution is 5.71. The molecule has 0 aliphatic rings. The van der Waals surface area contributed by atoms with Crippen molar-refractivity contribution in [3.05, 3.63) is 48.6 Å². The lowest BCUT2D eigenvalue weighted by molar-refractivity contribution is -0.167. The predicted molar refractivity (Wildman–Crippen MR) is 309 cm³/mol. The average molecular weight is 1040 g/mol. The van der Waals surface area contributed by atoms with E-state index in [9.17, 15) is 19.2 Å². The molecule has 0 aromatic rings. The fourth-order valence-electron chi connectivity index (χ4n) is 8.68. The third kappa shape index (κ3) is 54.8. The fraction of sp³-hybridized carbons (Fsp3) is 0.812. The van der Waals surface area contributed by atoms with Crippen molar-refractivity contribution in [1.82, 2.24) is 4.90 Å². The van der Waals surface area contributed by atoms with Gasteiger partial charge < -0.3 is 28.6 Å². The fourth-order valence-corrected chi connectivity index (χ4v) is 8.68. The lowest BCUT2D eigenvalue weighted by Crippen LogP contribution is -2.31. The summed E-state index contributed by atoms with van der Waals surface area (Å²) in [6.07, 6.45) is 58.3.